The van der Waals surface area contributed by atoms with Gasteiger partial charge < -0.3 is 9.84 Å². The van der Waals surface area contributed by atoms with Gasteiger partial charge in [-0.05, 0) is 18.2 Å². The molecule has 0 aliphatic carbocycles. The van der Waals surface area contributed by atoms with Gasteiger partial charge >= 0.3 is 0 Å². The summed E-state index contributed by atoms with van der Waals surface area (Å²) in [6.07, 6.45) is 1.63. The third-order valence-electron chi connectivity index (χ3n) is 2.84. The Labute approximate surface area is 103 Å². The molecule has 0 spiro atoms. The lowest BCUT2D eigenvalue weighted by Gasteiger charge is -2.21. The Kier molecular flexibility index (Phi) is 2.41. The number of aliphatic hydroxyl groups excluding tert-OH is 1. The smallest absolute Gasteiger partial charge is 0.255 e. The summed E-state index contributed by atoms with van der Waals surface area (Å²) in [6, 6.07) is 12.2. The summed E-state index contributed by atoms with van der Waals surface area (Å²) in [4.78, 5) is 11.9. The van der Waals surface area contributed by atoms with E-state index in [-0.39, 0.29) is 17.9 Å². The molecule has 4 nitrogen and oxygen atoms in total. The summed E-state index contributed by atoms with van der Waals surface area (Å²) in [5.74, 6) is 0.725. The van der Waals surface area contributed by atoms with E-state index in [4.69, 9.17) is 4.74 Å². The average molecular weight is 241 g/mol. The minimum atomic E-state index is -0.184. The molecule has 0 fully saturated rings. The van der Waals surface area contributed by atoms with Gasteiger partial charge in [0, 0.05) is 17.8 Å². The SMILES string of the molecule is O=c1ccccn1C1=C(O)COc2ccccc21. The topological polar surface area (TPSA) is 51.5 Å². The van der Waals surface area contributed by atoms with Gasteiger partial charge in [-0.1, -0.05) is 18.2 Å². The molecule has 90 valence electrons. The zero-order valence-electron chi connectivity index (χ0n) is 9.54. The highest BCUT2D eigenvalue weighted by Gasteiger charge is 2.21. The van der Waals surface area contributed by atoms with E-state index in [1.54, 1.807) is 18.3 Å². The number of pyridine rings is 1. The molecule has 0 atom stereocenters. The summed E-state index contributed by atoms with van der Waals surface area (Å²) >= 11 is 0. The number of benzene rings is 1. The van der Waals surface area contributed by atoms with Crippen LogP contribution < -0.4 is 10.3 Å². The number of para-hydroxylation sites is 1. The van der Waals surface area contributed by atoms with Gasteiger partial charge in [0.1, 0.15) is 18.1 Å². The minimum Gasteiger partial charge on any atom is -0.507 e. The number of hydrogen-bond donors (Lipinski definition) is 1. The van der Waals surface area contributed by atoms with Crippen molar-refractivity contribution in [1.29, 1.82) is 0 Å². The van der Waals surface area contributed by atoms with E-state index in [0.717, 1.165) is 5.56 Å². The lowest BCUT2D eigenvalue weighted by molar-refractivity contribution is 0.262. The van der Waals surface area contributed by atoms with Crippen LogP contribution in [0.2, 0.25) is 0 Å². The maximum absolute atomic E-state index is 11.9. The quantitative estimate of drug-likeness (QED) is 0.831. The molecule has 2 aromatic rings. The van der Waals surface area contributed by atoms with Crippen LogP contribution >= 0.6 is 0 Å². The van der Waals surface area contributed by atoms with Crippen LogP contribution in [-0.2, 0) is 0 Å². The second-order valence-corrected chi connectivity index (χ2v) is 3.99. The standard InChI is InChI=1S/C14H11NO3/c16-11-9-18-12-6-2-1-5-10(12)14(11)15-8-4-3-7-13(15)17/h1-8,16H,9H2. The van der Waals surface area contributed by atoms with Gasteiger partial charge in [0.25, 0.3) is 5.56 Å². The van der Waals surface area contributed by atoms with E-state index < -0.39 is 0 Å². The van der Waals surface area contributed by atoms with Gasteiger partial charge in [0.15, 0.2) is 5.76 Å². The Hall–Kier alpha value is -2.49. The normalized spacial score (nSPS) is 14.0. The molecule has 2 heterocycles. The Balaban J connectivity index is 2.28. The average Bonchev–Trinajstić information content (AvgIpc) is 2.40. The summed E-state index contributed by atoms with van der Waals surface area (Å²) in [5, 5.41) is 9.99. The van der Waals surface area contributed by atoms with Gasteiger partial charge in [0.05, 0.1) is 0 Å². The molecule has 0 unspecified atom stereocenters. The maximum atomic E-state index is 11.9. The fourth-order valence-corrected chi connectivity index (χ4v) is 2.04. The van der Waals surface area contributed by atoms with E-state index in [0.29, 0.717) is 11.4 Å². The van der Waals surface area contributed by atoms with Crippen LogP contribution in [0.4, 0.5) is 0 Å². The van der Waals surface area contributed by atoms with Crippen LogP contribution in [0.25, 0.3) is 5.70 Å². The van der Waals surface area contributed by atoms with Gasteiger partial charge in [-0.15, -0.1) is 0 Å². The molecule has 4 heteroatoms. The van der Waals surface area contributed by atoms with Gasteiger partial charge in [-0.25, -0.2) is 0 Å². The summed E-state index contributed by atoms with van der Waals surface area (Å²) in [6.45, 7) is 0.0771. The lowest BCUT2D eigenvalue weighted by atomic mass is 10.1. The Morgan fingerprint density at radius 1 is 1.11 bits per heavy atom. The van der Waals surface area contributed by atoms with Gasteiger partial charge in [0.2, 0.25) is 0 Å². The molecular weight excluding hydrogens is 230 g/mol. The largest absolute Gasteiger partial charge is 0.507 e. The zero-order valence-corrected chi connectivity index (χ0v) is 9.54. The first-order chi connectivity index (χ1) is 8.77. The third-order valence-corrected chi connectivity index (χ3v) is 2.84. The highest BCUT2D eigenvalue weighted by Crippen LogP contribution is 2.32. The molecule has 0 saturated carbocycles. The van der Waals surface area contributed by atoms with Crippen molar-refractivity contribution in [3.05, 3.63) is 70.3 Å². The molecule has 3 rings (SSSR count). The van der Waals surface area contributed by atoms with Crippen molar-refractivity contribution in [2.24, 2.45) is 0 Å². The Morgan fingerprint density at radius 2 is 1.89 bits per heavy atom. The van der Waals surface area contributed by atoms with Crippen molar-refractivity contribution in [3.63, 3.8) is 0 Å². The van der Waals surface area contributed by atoms with Crippen molar-refractivity contribution in [1.82, 2.24) is 4.57 Å². The van der Waals surface area contributed by atoms with Gasteiger partial charge in [-0.2, -0.15) is 0 Å². The van der Waals surface area contributed by atoms with E-state index in [1.165, 1.54) is 10.6 Å². The van der Waals surface area contributed by atoms with E-state index in [9.17, 15) is 9.90 Å². The number of rotatable bonds is 1. The van der Waals surface area contributed by atoms with Crippen molar-refractivity contribution in [2.45, 2.75) is 0 Å². The second-order valence-electron chi connectivity index (χ2n) is 3.99. The Bertz CT molecular complexity index is 685. The van der Waals surface area contributed by atoms with Crippen molar-refractivity contribution in [3.8, 4) is 5.75 Å². The molecule has 0 amide bonds. The minimum absolute atomic E-state index is 0.0574. The van der Waals surface area contributed by atoms with Crippen LogP contribution in [0.1, 0.15) is 5.56 Å². The third kappa shape index (κ3) is 1.59. The van der Waals surface area contributed by atoms with Crippen LogP contribution in [0.15, 0.2) is 59.2 Å². The predicted octanol–water partition coefficient (Wildman–Crippen LogP) is 2.02. The molecule has 1 aromatic carbocycles. The molecule has 1 N–H and O–H groups in total. The predicted molar refractivity (Wildman–Crippen MR) is 67.6 cm³/mol. The molecule has 0 saturated heterocycles. The first kappa shape index (κ1) is 10.7. The van der Waals surface area contributed by atoms with Crippen molar-refractivity contribution < 1.29 is 9.84 Å². The monoisotopic (exact) mass is 241 g/mol. The zero-order chi connectivity index (χ0) is 12.5. The molecule has 1 aliphatic rings. The fourth-order valence-electron chi connectivity index (χ4n) is 2.04. The number of aliphatic hydroxyl groups is 1. The van der Waals surface area contributed by atoms with Crippen molar-refractivity contribution >= 4 is 5.70 Å². The first-order valence-corrected chi connectivity index (χ1v) is 5.60. The summed E-state index contributed by atoms with van der Waals surface area (Å²) in [7, 11) is 0. The van der Waals surface area contributed by atoms with Crippen LogP contribution in [0.5, 0.6) is 5.75 Å². The van der Waals surface area contributed by atoms with Crippen LogP contribution in [-0.4, -0.2) is 16.3 Å². The number of aromatic nitrogens is 1. The van der Waals surface area contributed by atoms with Gasteiger partial charge in [-0.3, -0.25) is 9.36 Å². The molecule has 0 radical (unpaired) electrons. The molecule has 18 heavy (non-hydrogen) atoms. The van der Waals surface area contributed by atoms with E-state index in [1.807, 2.05) is 24.3 Å². The molecular formula is C14H11NO3. The fraction of sp³-hybridized carbons (Fsp3) is 0.0714. The molecule has 1 aliphatic heterocycles. The number of fused-ring (bicyclic) bond motifs is 1. The molecule has 0 bridgehead atoms. The first-order valence-electron chi connectivity index (χ1n) is 5.60. The number of nitrogens with zero attached hydrogens (tertiary/aromatic N) is 1. The van der Waals surface area contributed by atoms with E-state index >= 15 is 0 Å². The molecule has 1 aromatic heterocycles. The highest BCUT2D eigenvalue weighted by molar-refractivity contribution is 5.73. The Morgan fingerprint density at radius 3 is 2.72 bits per heavy atom. The van der Waals surface area contributed by atoms with Crippen LogP contribution in [0.3, 0.4) is 0 Å². The van der Waals surface area contributed by atoms with Crippen LogP contribution in [0, 0.1) is 0 Å². The van der Waals surface area contributed by atoms with E-state index in [2.05, 4.69) is 0 Å². The number of hydrogen-bond acceptors (Lipinski definition) is 3. The van der Waals surface area contributed by atoms with Crippen molar-refractivity contribution in [2.75, 3.05) is 6.61 Å². The lowest BCUT2D eigenvalue weighted by Crippen LogP contribution is -2.23. The maximum Gasteiger partial charge on any atom is 0.255 e. The summed E-state index contributed by atoms with van der Waals surface area (Å²) < 4.78 is 6.83. The second kappa shape index (κ2) is 4.07. The number of ether oxygens (including phenoxy) is 1. The highest BCUT2D eigenvalue weighted by atomic mass is 16.5. The summed E-state index contributed by atoms with van der Waals surface area (Å²) in [5.41, 5.74) is 1.02.